The number of hydrogen-bond acceptors (Lipinski definition) is 8. The summed E-state index contributed by atoms with van der Waals surface area (Å²) >= 11 is 0. The van der Waals surface area contributed by atoms with Crippen molar-refractivity contribution in [2.75, 3.05) is 52.4 Å². The molecule has 0 fully saturated rings. The Labute approximate surface area is 342 Å². The highest BCUT2D eigenvalue weighted by atomic mass is 16.2. The number of carbonyl (C=O) groups excluding carboxylic acids is 2. The van der Waals surface area contributed by atoms with Crippen LogP contribution in [0.1, 0.15) is 46.2 Å². The van der Waals surface area contributed by atoms with Crippen LogP contribution in [0.15, 0.2) is 142 Å². The molecule has 0 atom stereocenters. The third kappa shape index (κ3) is 7.62. The summed E-state index contributed by atoms with van der Waals surface area (Å²) in [6, 6.07) is 37.8. The molecule has 10 heteroatoms. The summed E-state index contributed by atoms with van der Waals surface area (Å²) in [6.45, 7) is 13.7. The second-order valence-electron chi connectivity index (χ2n) is 16.0. The van der Waals surface area contributed by atoms with Gasteiger partial charge in [-0.1, -0.05) is 109 Å². The van der Waals surface area contributed by atoms with Crippen LogP contribution in [0.5, 0.6) is 0 Å². The maximum absolute atomic E-state index is 13.5. The van der Waals surface area contributed by atoms with Gasteiger partial charge in [0, 0.05) is 76.6 Å². The average Bonchev–Trinajstić information content (AvgIpc) is 3.95. The van der Waals surface area contributed by atoms with Crippen LogP contribution in [0.4, 0.5) is 0 Å². The molecule has 4 aromatic carbocycles. The van der Waals surface area contributed by atoms with Crippen LogP contribution in [0.25, 0.3) is 0 Å². The van der Waals surface area contributed by atoms with Crippen molar-refractivity contribution >= 4 is 23.7 Å². The lowest BCUT2D eigenvalue weighted by Gasteiger charge is -2.42. The van der Waals surface area contributed by atoms with Crippen LogP contribution in [0, 0.1) is 13.8 Å². The fraction of sp³-hybridized carbons (Fsp3) is 0.333. The Bertz CT molecular complexity index is 2310. The normalized spacial score (nSPS) is 19.3. The van der Waals surface area contributed by atoms with Crippen molar-refractivity contribution in [3.63, 3.8) is 0 Å². The number of guanidine groups is 2. The zero-order valence-corrected chi connectivity index (χ0v) is 33.7. The van der Waals surface area contributed by atoms with E-state index in [0.717, 1.165) is 81.7 Å². The van der Waals surface area contributed by atoms with Crippen LogP contribution < -0.4 is 0 Å². The molecule has 58 heavy (non-hydrogen) atoms. The monoisotopic (exact) mass is 772 g/mol. The largest absolute Gasteiger partial charge is 0.314 e. The molecule has 6 heterocycles. The standard InChI is InChI=1S/2C24H26N4O/c1-18-7-5-6-10-20(18)16-28-22-11-13-26(15-19-8-3-2-4-9-19)17-21(22)23(29)27-14-12-25-24(27)28;1-18-7-5-6-10-20(18)16-28-23(29)21-17-26(15-19-8-3-2-4-9-19)13-11-22(21)27-14-12-25-24(27)28/h2*2-10H,11-17H2,1H3. The molecule has 0 aliphatic carbocycles. The van der Waals surface area contributed by atoms with Crippen LogP contribution in [0.2, 0.25) is 0 Å². The number of aryl methyl sites for hydroxylation is 2. The Morgan fingerprint density at radius 1 is 0.483 bits per heavy atom. The first kappa shape index (κ1) is 37.7. The number of nitrogens with zero attached hydrogens (tertiary/aromatic N) is 8. The minimum Gasteiger partial charge on any atom is -0.314 e. The number of benzene rings is 4. The highest BCUT2D eigenvalue weighted by molar-refractivity contribution is 6.10. The number of carbonyl (C=O) groups is 2. The molecule has 10 nitrogen and oxygen atoms in total. The Hall–Kier alpha value is -5.84. The number of rotatable bonds is 8. The van der Waals surface area contributed by atoms with E-state index in [2.05, 4.69) is 118 Å². The molecule has 0 aromatic heterocycles. The first-order valence-electron chi connectivity index (χ1n) is 20.7. The molecule has 0 spiro atoms. The number of hydrogen-bond donors (Lipinski definition) is 0. The Morgan fingerprint density at radius 3 is 1.52 bits per heavy atom. The molecule has 2 amide bonds. The lowest BCUT2D eigenvalue weighted by Crippen LogP contribution is -2.53. The number of amides is 2. The lowest BCUT2D eigenvalue weighted by molar-refractivity contribution is -0.126. The first-order chi connectivity index (χ1) is 28.4. The second kappa shape index (κ2) is 16.6. The molecule has 6 aliphatic rings. The van der Waals surface area contributed by atoms with Crippen molar-refractivity contribution < 1.29 is 9.59 Å². The van der Waals surface area contributed by atoms with Crippen molar-refractivity contribution in [3.05, 3.63) is 165 Å². The minimum atomic E-state index is 0.123. The summed E-state index contributed by atoms with van der Waals surface area (Å²) in [5.74, 6) is 1.95. The van der Waals surface area contributed by atoms with E-state index < -0.39 is 0 Å². The molecule has 10 rings (SSSR count). The smallest absolute Gasteiger partial charge is 0.259 e. The highest BCUT2D eigenvalue weighted by Gasteiger charge is 2.42. The van der Waals surface area contributed by atoms with Crippen molar-refractivity contribution in [1.29, 1.82) is 0 Å². The van der Waals surface area contributed by atoms with Gasteiger partial charge in [0.05, 0.1) is 37.3 Å². The summed E-state index contributed by atoms with van der Waals surface area (Å²) < 4.78 is 0. The van der Waals surface area contributed by atoms with Crippen molar-refractivity contribution in [3.8, 4) is 0 Å². The predicted molar refractivity (Wildman–Crippen MR) is 228 cm³/mol. The maximum atomic E-state index is 13.5. The van der Waals surface area contributed by atoms with Gasteiger partial charge in [0.1, 0.15) is 0 Å². The summed E-state index contributed by atoms with van der Waals surface area (Å²) in [5, 5.41) is 0. The van der Waals surface area contributed by atoms with Crippen LogP contribution >= 0.6 is 0 Å². The summed E-state index contributed by atoms with van der Waals surface area (Å²) in [4.78, 5) is 49.3. The van der Waals surface area contributed by atoms with E-state index in [4.69, 9.17) is 9.98 Å². The molecule has 296 valence electrons. The molecule has 6 aliphatic heterocycles. The third-order valence-corrected chi connectivity index (χ3v) is 12.2. The molecule has 0 N–H and O–H groups in total. The van der Waals surface area contributed by atoms with E-state index in [9.17, 15) is 9.59 Å². The average molecular weight is 773 g/mol. The van der Waals surface area contributed by atoms with Gasteiger partial charge < -0.3 is 9.80 Å². The van der Waals surface area contributed by atoms with Crippen LogP contribution in [-0.4, -0.2) is 105 Å². The molecule has 0 radical (unpaired) electrons. The van der Waals surface area contributed by atoms with E-state index >= 15 is 0 Å². The summed E-state index contributed by atoms with van der Waals surface area (Å²) in [7, 11) is 0. The van der Waals surface area contributed by atoms with Gasteiger partial charge in [-0.2, -0.15) is 0 Å². The predicted octanol–water partition coefficient (Wildman–Crippen LogP) is 6.34. The Balaban J connectivity index is 0.000000150. The number of fused-ring (bicyclic) bond motifs is 3. The van der Waals surface area contributed by atoms with Crippen molar-refractivity contribution in [1.82, 2.24) is 29.4 Å². The molecule has 0 saturated heterocycles. The fourth-order valence-electron chi connectivity index (χ4n) is 9.09. The molecular formula is C48H52N8O2. The number of aliphatic imine (C=N–C) groups is 2. The van der Waals surface area contributed by atoms with E-state index in [1.54, 1.807) is 0 Å². The van der Waals surface area contributed by atoms with Gasteiger partial charge in [0.2, 0.25) is 11.9 Å². The van der Waals surface area contributed by atoms with Gasteiger partial charge in [0.15, 0.2) is 0 Å². The first-order valence-corrected chi connectivity index (χ1v) is 20.7. The minimum absolute atomic E-state index is 0.123. The van der Waals surface area contributed by atoms with E-state index in [1.807, 2.05) is 34.1 Å². The van der Waals surface area contributed by atoms with Gasteiger partial charge in [-0.05, 0) is 47.2 Å². The van der Waals surface area contributed by atoms with Crippen LogP contribution in [-0.2, 0) is 35.8 Å². The van der Waals surface area contributed by atoms with Gasteiger partial charge in [-0.15, -0.1) is 0 Å². The zero-order valence-electron chi connectivity index (χ0n) is 33.7. The zero-order chi connectivity index (χ0) is 39.6. The highest BCUT2D eigenvalue weighted by Crippen LogP contribution is 2.34. The summed E-state index contributed by atoms with van der Waals surface area (Å²) in [6.07, 6.45) is 1.79. The molecule has 4 aromatic rings. The fourth-order valence-corrected chi connectivity index (χ4v) is 9.09. The SMILES string of the molecule is Cc1ccccc1CN1C(=O)C2=C(CCN(Cc3ccccc3)C2)N2CCN=C12.Cc1ccccc1CN1C2=NCCN2C(=O)C2=C1CCN(Cc1ccccc1)C2. The molecular weight excluding hydrogens is 721 g/mol. The lowest BCUT2D eigenvalue weighted by atomic mass is 9.99. The van der Waals surface area contributed by atoms with E-state index in [0.29, 0.717) is 32.7 Å². The second-order valence-corrected chi connectivity index (χ2v) is 16.0. The Morgan fingerprint density at radius 2 is 0.948 bits per heavy atom. The van der Waals surface area contributed by atoms with Gasteiger partial charge >= 0.3 is 0 Å². The molecule has 0 bridgehead atoms. The van der Waals surface area contributed by atoms with Gasteiger partial charge in [-0.25, -0.2) is 0 Å². The van der Waals surface area contributed by atoms with Gasteiger partial charge in [0.25, 0.3) is 11.8 Å². The van der Waals surface area contributed by atoms with Crippen LogP contribution in [0.3, 0.4) is 0 Å². The van der Waals surface area contributed by atoms with E-state index in [-0.39, 0.29) is 11.8 Å². The quantitative estimate of drug-likeness (QED) is 0.208. The topological polar surface area (TPSA) is 78.3 Å². The summed E-state index contributed by atoms with van der Waals surface area (Å²) in [5.41, 5.74) is 11.8. The van der Waals surface area contributed by atoms with Gasteiger partial charge in [-0.3, -0.25) is 39.2 Å². The molecule has 0 unspecified atom stereocenters. The Kier molecular flexibility index (Phi) is 10.8. The van der Waals surface area contributed by atoms with E-state index in [1.165, 1.54) is 44.8 Å². The maximum Gasteiger partial charge on any atom is 0.259 e. The van der Waals surface area contributed by atoms with Crippen molar-refractivity contribution in [2.24, 2.45) is 9.98 Å². The van der Waals surface area contributed by atoms with Crippen molar-refractivity contribution in [2.45, 2.75) is 52.9 Å². The molecule has 0 saturated carbocycles. The third-order valence-electron chi connectivity index (χ3n) is 12.2.